The first kappa shape index (κ1) is 17.8. The summed E-state index contributed by atoms with van der Waals surface area (Å²) in [7, 11) is 0. The smallest absolute Gasteiger partial charge is 0.258 e. The summed E-state index contributed by atoms with van der Waals surface area (Å²) in [5.41, 5.74) is 3.24. The van der Waals surface area contributed by atoms with Gasteiger partial charge < -0.3 is 14.5 Å². The number of furan rings is 1. The summed E-state index contributed by atoms with van der Waals surface area (Å²) in [4.78, 5) is 12.0. The molecule has 0 unspecified atom stereocenters. The van der Waals surface area contributed by atoms with Crippen molar-refractivity contribution < 1.29 is 13.9 Å². The predicted octanol–water partition coefficient (Wildman–Crippen LogP) is 4.75. The Kier molecular flexibility index (Phi) is 4.45. The van der Waals surface area contributed by atoms with Crippen LogP contribution in [-0.2, 0) is 16.8 Å². The number of nitrogens with one attached hydrogen (secondary N) is 1. The van der Waals surface area contributed by atoms with Crippen LogP contribution >= 0.6 is 0 Å². The van der Waals surface area contributed by atoms with Crippen LogP contribution in [0.1, 0.15) is 55.4 Å². The summed E-state index contributed by atoms with van der Waals surface area (Å²) in [6, 6.07) is 10.1. The second kappa shape index (κ2) is 6.98. The van der Waals surface area contributed by atoms with Crippen molar-refractivity contribution in [3.8, 4) is 5.75 Å². The normalized spacial score (nSPS) is 30.4. The standard InChI is InChI=1S/C24H29NO3/c1-16-7-20(28-15-23(26)25-14-21-3-2-6-27-21)4-5-22(16)24-11-17-8-18(12-24)10-19(9-17)13-24/h2-7,17-19H,8-15H2,1H3,(H,25,26). The molecule has 4 heteroatoms. The summed E-state index contributed by atoms with van der Waals surface area (Å²) in [6.07, 6.45) is 10.1. The average Bonchev–Trinajstić information content (AvgIpc) is 3.17. The number of benzene rings is 1. The van der Waals surface area contributed by atoms with Gasteiger partial charge in [-0.25, -0.2) is 0 Å². The van der Waals surface area contributed by atoms with Crippen LogP contribution in [0, 0.1) is 24.7 Å². The largest absolute Gasteiger partial charge is 0.484 e. The third kappa shape index (κ3) is 3.34. The Balaban J connectivity index is 1.22. The maximum atomic E-state index is 12.0. The number of rotatable bonds is 6. The maximum Gasteiger partial charge on any atom is 0.258 e. The molecule has 1 heterocycles. The molecule has 0 spiro atoms. The summed E-state index contributed by atoms with van der Waals surface area (Å²) >= 11 is 0. The minimum Gasteiger partial charge on any atom is -0.484 e. The maximum absolute atomic E-state index is 12.0. The molecule has 0 saturated heterocycles. The molecule has 148 valence electrons. The first-order valence-electron chi connectivity index (χ1n) is 10.6. The monoisotopic (exact) mass is 379 g/mol. The zero-order valence-electron chi connectivity index (χ0n) is 16.6. The zero-order valence-corrected chi connectivity index (χ0v) is 16.6. The summed E-state index contributed by atoms with van der Waals surface area (Å²) in [5.74, 6) is 4.21. The van der Waals surface area contributed by atoms with Crippen LogP contribution in [0.3, 0.4) is 0 Å². The van der Waals surface area contributed by atoms with Crippen LogP contribution in [0.4, 0.5) is 0 Å². The molecule has 4 nitrogen and oxygen atoms in total. The Bertz CT molecular complexity index is 819. The average molecular weight is 380 g/mol. The van der Waals surface area contributed by atoms with Gasteiger partial charge in [0.25, 0.3) is 5.91 Å². The van der Waals surface area contributed by atoms with Gasteiger partial charge in [0.05, 0.1) is 12.8 Å². The van der Waals surface area contributed by atoms with Gasteiger partial charge in [-0.15, -0.1) is 0 Å². The second-order valence-corrected chi connectivity index (χ2v) is 9.32. The first-order chi connectivity index (χ1) is 13.6. The molecule has 4 aliphatic carbocycles. The van der Waals surface area contributed by atoms with E-state index < -0.39 is 0 Å². The lowest BCUT2D eigenvalue weighted by Gasteiger charge is -2.57. The molecule has 0 atom stereocenters. The SMILES string of the molecule is Cc1cc(OCC(=O)NCc2ccco2)ccc1C12CC3CC(CC(C3)C1)C2. The molecule has 4 saturated carbocycles. The molecule has 4 aliphatic rings. The van der Waals surface area contributed by atoms with Crippen molar-refractivity contribution in [2.45, 2.75) is 57.4 Å². The van der Waals surface area contributed by atoms with Gasteiger partial charge >= 0.3 is 0 Å². The lowest BCUT2D eigenvalue weighted by atomic mass is 9.47. The van der Waals surface area contributed by atoms with Gasteiger partial charge in [0.15, 0.2) is 6.61 Å². The lowest BCUT2D eigenvalue weighted by molar-refractivity contribution is -0.123. The third-order valence-corrected chi connectivity index (χ3v) is 7.22. The number of hydrogen-bond acceptors (Lipinski definition) is 3. The van der Waals surface area contributed by atoms with Crippen molar-refractivity contribution in [2.75, 3.05) is 6.61 Å². The third-order valence-electron chi connectivity index (χ3n) is 7.22. The van der Waals surface area contributed by atoms with E-state index in [2.05, 4.69) is 30.4 Å². The number of aryl methyl sites for hydroxylation is 1. The van der Waals surface area contributed by atoms with E-state index in [1.54, 1.807) is 6.26 Å². The van der Waals surface area contributed by atoms with Crippen LogP contribution in [-0.4, -0.2) is 12.5 Å². The highest BCUT2D eigenvalue weighted by atomic mass is 16.5. The Labute approximate surface area is 166 Å². The van der Waals surface area contributed by atoms with Gasteiger partial charge in [0.1, 0.15) is 11.5 Å². The van der Waals surface area contributed by atoms with E-state index in [1.807, 2.05) is 12.1 Å². The van der Waals surface area contributed by atoms with E-state index in [4.69, 9.17) is 9.15 Å². The van der Waals surface area contributed by atoms with Crippen LogP contribution in [0.15, 0.2) is 41.0 Å². The molecule has 2 aromatic rings. The van der Waals surface area contributed by atoms with Gasteiger partial charge in [-0.1, -0.05) is 6.07 Å². The van der Waals surface area contributed by atoms with Crippen LogP contribution in [0.5, 0.6) is 5.75 Å². The van der Waals surface area contributed by atoms with E-state index in [9.17, 15) is 4.79 Å². The van der Waals surface area contributed by atoms with Crippen molar-refractivity contribution in [3.05, 3.63) is 53.5 Å². The molecular formula is C24H29NO3. The lowest BCUT2D eigenvalue weighted by Crippen LogP contribution is -2.48. The molecule has 1 N–H and O–H groups in total. The van der Waals surface area contributed by atoms with Crippen molar-refractivity contribution in [3.63, 3.8) is 0 Å². The van der Waals surface area contributed by atoms with E-state index >= 15 is 0 Å². The van der Waals surface area contributed by atoms with Crippen molar-refractivity contribution in [1.29, 1.82) is 0 Å². The minimum atomic E-state index is -0.140. The first-order valence-corrected chi connectivity index (χ1v) is 10.6. The fourth-order valence-corrected chi connectivity index (χ4v) is 6.56. The van der Waals surface area contributed by atoms with E-state index in [-0.39, 0.29) is 12.5 Å². The Hall–Kier alpha value is -2.23. The highest BCUT2D eigenvalue weighted by Gasteiger charge is 2.51. The second-order valence-electron chi connectivity index (χ2n) is 9.32. The van der Waals surface area contributed by atoms with Crippen molar-refractivity contribution in [1.82, 2.24) is 5.32 Å². The van der Waals surface area contributed by atoms with Crippen LogP contribution < -0.4 is 10.1 Å². The number of ether oxygens (including phenoxy) is 1. The minimum absolute atomic E-state index is 0.0247. The molecule has 1 aromatic heterocycles. The molecule has 0 aliphatic heterocycles. The highest BCUT2D eigenvalue weighted by Crippen LogP contribution is 2.61. The molecule has 6 rings (SSSR count). The van der Waals surface area contributed by atoms with E-state index in [1.165, 1.54) is 49.7 Å². The highest BCUT2D eigenvalue weighted by molar-refractivity contribution is 5.77. The Morgan fingerprint density at radius 1 is 1.14 bits per heavy atom. The molecule has 28 heavy (non-hydrogen) atoms. The molecule has 4 fully saturated rings. The molecule has 1 amide bonds. The molecular weight excluding hydrogens is 350 g/mol. The summed E-state index contributed by atoms with van der Waals surface area (Å²) in [5, 5.41) is 2.81. The number of amides is 1. The zero-order chi connectivity index (χ0) is 19.1. The molecule has 1 aromatic carbocycles. The van der Waals surface area contributed by atoms with Crippen LogP contribution in [0.2, 0.25) is 0 Å². The predicted molar refractivity (Wildman–Crippen MR) is 107 cm³/mol. The number of hydrogen-bond donors (Lipinski definition) is 1. The van der Waals surface area contributed by atoms with Gasteiger partial charge in [0.2, 0.25) is 0 Å². The van der Waals surface area contributed by atoms with Gasteiger partial charge in [-0.05, 0) is 104 Å². The summed E-state index contributed by atoms with van der Waals surface area (Å²) in [6.45, 7) is 2.62. The summed E-state index contributed by atoms with van der Waals surface area (Å²) < 4.78 is 11.0. The number of carbonyl (C=O) groups is 1. The van der Waals surface area contributed by atoms with Crippen molar-refractivity contribution in [2.24, 2.45) is 17.8 Å². The fourth-order valence-electron chi connectivity index (χ4n) is 6.56. The van der Waals surface area contributed by atoms with Crippen LogP contribution in [0.25, 0.3) is 0 Å². The quantitative estimate of drug-likeness (QED) is 0.788. The van der Waals surface area contributed by atoms with Gasteiger partial charge in [0, 0.05) is 0 Å². The molecule has 0 radical (unpaired) electrons. The Morgan fingerprint density at radius 3 is 2.46 bits per heavy atom. The number of carbonyl (C=O) groups excluding carboxylic acids is 1. The Morgan fingerprint density at radius 2 is 1.86 bits per heavy atom. The fraction of sp³-hybridized carbons (Fsp3) is 0.542. The van der Waals surface area contributed by atoms with Crippen molar-refractivity contribution >= 4 is 5.91 Å². The van der Waals surface area contributed by atoms with Gasteiger partial charge in [-0.2, -0.15) is 0 Å². The van der Waals surface area contributed by atoms with Gasteiger partial charge in [-0.3, -0.25) is 4.79 Å². The van der Waals surface area contributed by atoms with E-state index in [0.717, 1.165) is 29.3 Å². The topological polar surface area (TPSA) is 51.5 Å². The molecule has 4 bridgehead atoms. The van der Waals surface area contributed by atoms with E-state index in [0.29, 0.717) is 12.0 Å².